The van der Waals surface area contributed by atoms with Crippen LogP contribution in [0, 0.1) is 11.6 Å². The average molecular weight is 319 g/mol. The van der Waals surface area contributed by atoms with Crippen molar-refractivity contribution in [3.8, 4) is 17.0 Å². The molecule has 0 saturated heterocycles. The fourth-order valence-corrected chi connectivity index (χ4v) is 2.06. The van der Waals surface area contributed by atoms with Gasteiger partial charge in [0, 0.05) is 11.6 Å². The van der Waals surface area contributed by atoms with Gasteiger partial charge in [0.2, 0.25) is 0 Å². The summed E-state index contributed by atoms with van der Waals surface area (Å²) >= 11 is 0. The number of pyridine rings is 1. The number of carbonyl (C=O) groups is 1. The highest BCUT2D eigenvalue weighted by Crippen LogP contribution is 2.29. The fourth-order valence-electron chi connectivity index (χ4n) is 2.06. The molecule has 0 unspecified atom stereocenters. The van der Waals surface area contributed by atoms with Crippen molar-refractivity contribution in [1.29, 1.82) is 0 Å². The lowest BCUT2D eigenvalue weighted by atomic mass is 10.1. The maximum absolute atomic E-state index is 13.4. The molecule has 1 heterocycles. The topological polar surface area (TPSA) is 48.4 Å². The number of esters is 1. The second-order valence-corrected chi connectivity index (χ2v) is 4.76. The molecule has 0 spiro atoms. The van der Waals surface area contributed by atoms with Gasteiger partial charge in [-0.15, -0.1) is 0 Å². The number of carbonyl (C=O) groups excluding carboxylic acids is 1. The maximum Gasteiger partial charge on any atom is 0.310 e. The lowest BCUT2D eigenvalue weighted by Gasteiger charge is -2.12. The predicted molar refractivity (Wildman–Crippen MR) is 81.8 cm³/mol. The molecule has 0 bridgehead atoms. The molecule has 1 aromatic carbocycles. The lowest BCUT2D eigenvalue weighted by Crippen LogP contribution is -2.04. The van der Waals surface area contributed by atoms with Crippen molar-refractivity contribution in [2.45, 2.75) is 6.42 Å². The SMILES string of the molecule is C=C(CC(=O)OC)c1nc(-c2cc(F)cc(F)c2)ccc1OC. The van der Waals surface area contributed by atoms with Crippen molar-refractivity contribution < 1.29 is 23.0 Å². The lowest BCUT2D eigenvalue weighted by molar-refractivity contribution is -0.139. The third-order valence-corrected chi connectivity index (χ3v) is 3.16. The number of rotatable bonds is 5. The summed E-state index contributed by atoms with van der Waals surface area (Å²) in [7, 11) is 2.72. The number of hydrogen-bond donors (Lipinski definition) is 0. The van der Waals surface area contributed by atoms with Crippen LogP contribution in [0.2, 0.25) is 0 Å². The Morgan fingerprint density at radius 1 is 1.17 bits per heavy atom. The van der Waals surface area contributed by atoms with Gasteiger partial charge in [0.25, 0.3) is 0 Å². The molecule has 120 valence electrons. The van der Waals surface area contributed by atoms with Crippen LogP contribution in [0.15, 0.2) is 36.9 Å². The van der Waals surface area contributed by atoms with Gasteiger partial charge in [-0.25, -0.2) is 13.8 Å². The van der Waals surface area contributed by atoms with Gasteiger partial charge in [-0.05, 0) is 29.8 Å². The summed E-state index contributed by atoms with van der Waals surface area (Å²) < 4.78 is 36.5. The fraction of sp³-hybridized carbons (Fsp3) is 0.176. The Hall–Kier alpha value is -2.76. The minimum atomic E-state index is -0.701. The zero-order valence-electron chi connectivity index (χ0n) is 12.7. The molecule has 23 heavy (non-hydrogen) atoms. The van der Waals surface area contributed by atoms with Crippen LogP contribution in [0.4, 0.5) is 8.78 Å². The van der Waals surface area contributed by atoms with Gasteiger partial charge in [-0.3, -0.25) is 4.79 Å². The smallest absolute Gasteiger partial charge is 0.310 e. The van der Waals surface area contributed by atoms with Gasteiger partial charge in [-0.2, -0.15) is 0 Å². The highest BCUT2D eigenvalue weighted by Gasteiger charge is 2.15. The molecular formula is C17H15F2NO3. The molecule has 2 aromatic rings. The Morgan fingerprint density at radius 3 is 2.39 bits per heavy atom. The number of ether oxygens (including phenoxy) is 2. The first-order valence-corrected chi connectivity index (χ1v) is 6.71. The molecule has 0 saturated carbocycles. The van der Waals surface area contributed by atoms with Crippen LogP contribution in [0.5, 0.6) is 5.75 Å². The van der Waals surface area contributed by atoms with Crippen molar-refractivity contribution in [3.05, 3.63) is 54.2 Å². The number of aromatic nitrogens is 1. The first kappa shape index (κ1) is 16.6. The van der Waals surface area contributed by atoms with E-state index in [-0.39, 0.29) is 12.0 Å². The summed E-state index contributed by atoms with van der Waals surface area (Å²) in [6.07, 6.45) is -0.0686. The van der Waals surface area contributed by atoms with Gasteiger partial charge in [0.1, 0.15) is 23.1 Å². The Morgan fingerprint density at radius 2 is 1.83 bits per heavy atom. The number of nitrogens with zero attached hydrogens (tertiary/aromatic N) is 1. The average Bonchev–Trinajstić information content (AvgIpc) is 2.53. The van der Waals surface area contributed by atoms with E-state index in [1.807, 2.05) is 0 Å². The van der Waals surface area contributed by atoms with Gasteiger partial charge < -0.3 is 9.47 Å². The number of benzene rings is 1. The van der Waals surface area contributed by atoms with Gasteiger partial charge in [-0.1, -0.05) is 6.58 Å². The van der Waals surface area contributed by atoms with Crippen LogP contribution in [0.1, 0.15) is 12.1 Å². The molecule has 0 aliphatic rings. The summed E-state index contributed by atoms with van der Waals surface area (Å²) in [4.78, 5) is 15.7. The number of hydrogen-bond acceptors (Lipinski definition) is 4. The van der Waals surface area contributed by atoms with Crippen molar-refractivity contribution in [1.82, 2.24) is 4.98 Å². The normalized spacial score (nSPS) is 10.3. The van der Waals surface area contributed by atoms with E-state index in [4.69, 9.17) is 4.74 Å². The monoisotopic (exact) mass is 319 g/mol. The minimum Gasteiger partial charge on any atom is -0.494 e. The molecule has 0 radical (unpaired) electrons. The summed E-state index contributed by atoms with van der Waals surface area (Å²) in [5, 5.41) is 0. The Balaban J connectivity index is 2.46. The quantitative estimate of drug-likeness (QED) is 0.790. The molecular weight excluding hydrogens is 304 g/mol. The van der Waals surface area contributed by atoms with E-state index in [2.05, 4.69) is 16.3 Å². The zero-order valence-corrected chi connectivity index (χ0v) is 12.7. The van der Waals surface area contributed by atoms with E-state index in [0.717, 1.165) is 6.07 Å². The van der Waals surface area contributed by atoms with E-state index in [9.17, 15) is 13.6 Å². The van der Waals surface area contributed by atoms with Crippen LogP contribution < -0.4 is 4.74 Å². The van der Waals surface area contributed by atoms with E-state index >= 15 is 0 Å². The molecule has 0 amide bonds. The van der Waals surface area contributed by atoms with E-state index in [0.29, 0.717) is 22.7 Å². The van der Waals surface area contributed by atoms with Gasteiger partial charge >= 0.3 is 5.97 Å². The van der Waals surface area contributed by atoms with Crippen molar-refractivity contribution in [3.63, 3.8) is 0 Å². The summed E-state index contributed by atoms with van der Waals surface area (Å²) in [5.41, 5.74) is 1.33. The predicted octanol–water partition coefficient (Wildman–Crippen LogP) is 3.61. The van der Waals surface area contributed by atoms with Crippen LogP contribution in [0.3, 0.4) is 0 Å². The highest BCUT2D eigenvalue weighted by molar-refractivity contribution is 5.85. The van der Waals surface area contributed by atoms with E-state index < -0.39 is 17.6 Å². The minimum absolute atomic E-state index is 0.0686. The van der Waals surface area contributed by atoms with Gasteiger partial charge in [0.15, 0.2) is 0 Å². The Bertz CT molecular complexity index is 739. The standard InChI is InChI=1S/C17H15F2NO3/c1-10(6-16(21)23-3)17-15(22-2)5-4-14(20-17)11-7-12(18)9-13(19)8-11/h4-5,7-9H,1,6H2,2-3H3. The summed E-state index contributed by atoms with van der Waals surface area (Å²) in [6, 6.07) is 6.30. The molecule has 0 aliphatic heterocycles. The van der Waals surface area contributed by atoms with Crippen LogP contribution in [0.25, 0.3) is 16.8 Å². The first-order chi connectivity index (χ1) is 10.9. The number of halogens is 2. The highest BCUT2D eigenvalue weighted by atomic mass is 19.1. The molecule has 0 atom stereocenters. The summed E-state index contributed by atoms with van der Waals surface area (Å²) in [6.45, 7) is 3.80. The molecule has 2 rings (SSSR count). The molecule has 4 nitrogen and oxygen atoms in total. The second-order valence-electron chi connectivity index (χ2n) is 4.76. The van der Waals surface area contributed by atoms with Gasteiger partial charge in [0.05, 0.1) is 26.3 Å². The molecule has 0 N–H and O–H groups in total. The maximum atomic E-state index is 13.4. The van der Waals surface area contributed by atoms with Crippen LogP contribution in [-0.4, -0.2) is 25.2 Å². The third kappa shape index (κ3) is 3.91. The second kappa shape index (κ2) is 7.00. The molecule has 0 fully saturated rings. The number of methoxy groups -OCH3 is 2. The van der Waals surface area contributed by atoms with Crippen molar-refractivity contribution in [2.24, 2.45) is 0 Å². The van der Waals surface area contributed by atoms with Crippen molar-refractivity contribution >= 4 is 11.5 Å². The van der Waals surface area contributed by atoms with Crippen LogP contribution >= 0.6 is 0 Å². The van der Waals surface area contributed by atoms with Crippen molar-refractivity contribution in [2.75, 3.05) is 14.2 Å². The Kier molecular flexibility index (Phi) is 5.05. The Labute approximate surface area is 132 Å². The molecule has 6 heteroatoms. The third-order valence-electron chi connectivity index (χ3n) is 3.16. The summed E-state index contributed by atoms with van der Waals surface area (Å²) in [5.74, 6) is -1.47. The van der Waals surface area contributed by atoms with E-state index in [1.165, 1.54) is 26.4 Å². The van der Waals surface area contributed by atoms with E-state index in [1.54, 1.807) is 12.1 Å². The molecule has 1 aromatic heterocycles. The molecule has 0 aliphatic carbocycles. The first-order valence-electron chi connectivity index (χ1n) is 6.71. The largest absolute Gasteiger partial charge is 0.494 e. The zero-order chi connectivity index (χ0) is 17.0. The van der Waals surface area contributed by atoms with Crippen LogP contribution in [-0.2, 0) is 9.53 Å².